The maximum absolute atomic E-state index is 13.1. The Morgan fingerprint density at radius 2 is 2.13 bits per heavy atom. The lowest BCUT2D eigenvalue weighted by Gasteiger charge is -2.00. The molecule has 1 heterocycles. The summed E-state index contributed by atoms with van der Waals surface area (Å²) in [5.41, 5.74) is 0.236. The first kappa shape index (κ1) is 10.0. The van der Waals surface area contributed by atoms with E-state index in [-0.39, 0.29) is 5.69 Å². The number of nitrogens with zero attached hydrogens (tertiary/aromatic N) is 1. The van der Waals surface area contributed by atoms with Crippen LogP contribution in [-0.2, 0) is 0 Å². The molecule has 1 aromatic heterocycles. The number of carbonyl (C=O) groups is 1. The van der Waals surface area contributed by atoms with Gasteiger partial charge in [-0.3, -0.25) is 0 Å². The number of pyridine rings is 1. The molecule has 0 aliphatic heterocycles. The number of benzene rings is 1. The first-order valence-corrected chi connectivity index (χ1v) is 4.86. The second-order valence-corrected chi connectivity index (χ2v) is 3.81. The molecule has 0 atom stereocenters. The lowest BCUT2D eigenvalue weighted by Crippen LogP contribution is -1.99. The van der Waals surface area contributed by atoms with Crippen LogP contribution in [0.15, 0.2) is 28.7 Å². The van der Waals surface area contributed by atoms with Gasteiger partial charge >= 0.3 is 5.97 Å². The SMILES string of the molecule is O=C(O)c1ccc2cc(Br)c(F)cc2n1. The van der Waals surface area contributed by atoms with E-state index in [1.165, 1.54) is 12.1 Å². The Bertz CT molecular complexity index is 556. The van der Waals surface area contributed by atoms with E-state index in [9.17, 15) is 9.18 Å². The molecule has 0 radical (unpaired) electrons. The third-order valence-electron chi connectivity index (χ3n) is 1.95. The van der Waals surface area contributed by atoms with Crippen molar-refractivity contribution in [2.45, 2.75) is 0 Å². The lowest BCUT2D eigenvalue weighted by atomic mass is 10.2. The van der Waals surface area contributed by atoms with Crippen LogP contribution in [0.1, 0.15) is 10.5 Å². The number of carboxylic acids is 1. The van der Waals surface area contributed by atoms with Crippen molar-refractivity contribution in [2.75, 3.05) is 0 Å². The molecule has 0 bridgehead atoms. The van der Waals surface area contributed by atoms with Crippen molar-refractivity contribution in [1.82, 2.24) is 4.98 Å². The van der Waals surface area contributed by atoms with Gasteiger partial charge in [-0.1, -0.05) is 6.07 Å². The molecule has 1 aromatic carbocycles. The topological polar surface area (TPSA) is 50.2 Å². The normalized spacial score (nSPS) is 10.5. The van der Waals surface area contributed by atoms with Crippen LogP contribution < -0.4 is 0 Å². The van der Waals surface area contributed by atoms with Crippen LogP contribution in [0.3, 0.4) is 0 Å². The van der Waals surface area contributed by atoms with Gasteiger partial charge in [-0.05, 0) is 28.1 Å². The van der Waals surface area contributed by atoms with Gasteiger partial charge in [0.25, 0.3) is 0 Å². The van der Waals surface area contributed by atoms with E-state index >= 15 is 0 Å². The smallest absolute Gasteiger partial charge is 0.354 e. The minimum absolute atomic E-state index is 0.0933. The number of hydrogen-bond acceptors (Lipinski definition) is 2. The Morgan fingerprint density at radius 1 is 1.40 bits per heavy atom. The van der Waals surface area contributed by atoms with Gasteiger partial charge in [0.15, 0.2) is 0 Å². The van der Waals surface area contributed by atoms with Gasteiger partial charge < -0.3 is 5.11 Å². The van der Waals surface area contributed by atoms with Crippen LogP contribution in [0.2, 0.25) is 0 Å². The number of rotatable bonds is 1. The zero-order valence-corrected chi connectivity index (χ0v) is 8.95. The molecule has 2 rings (SSSR count). The van der Waals surface area contributed by atoms with E-state index < -0.39 is 11.8 Å². The Labute approximate surface area is 92.7 Å². The van der Waals surface area contributed by atoms with Crippen LogP contribution in [0.5, 0.6) is 0 Å². The van der Waals surface area contributed by atoms with Crippen molar-refractivity contribution in [1.29, 1.82) is 0 Å². The molecule has 3 nitrogen and oxygen atoms in total. The number of carboxylic acid groups (broad SMARTS) is 1. The van der Waals surface area contributed by atoms with Gasteiger partial charge in [-0.25, -0.2) is 14.2 Å². The first-order valence-electron chi connectivity index (χ1n) is 4.07. The highest BCUT2D eigenvalue weighted by Crippen LogP contribution is 2.22. The summed E-state index contributed by atoms with van der Waals surface area (Å²) in [6, 6.07) is 5.74. The van der Waals surface area contributed by atoms with Crippen LogP contribution in [0.25, 0.3) is 10.9 Å². The molecule has 0 aliphatic carbocycles. The summed E-state index contributed by atoms with van der Waals surface area (Å²) in [5, 5.41) is 9.39. The lowest BCUT2D eigenvalue weighted by molar-refractivity contribution is 0.0691. The summed E-state index contributed by atoms with van der Waals surface area (Å²) < 4.78 is 13.5. The van der Waals surface area contributed by atoms with Crippen molar-refractivity contribution in [3.63, 3.8) is 0 Å². The summed E-state index contributed by atoms with van der Waals surface area (Å²) in [5.74, 6) is -1.59. The highest BCUT2D eigenvalue weighted by atomic mass is 79.9. The van der Waals surface area contributed by atoms with Crippen LogP contribution >= 0.6 is 15.9 Å². The van der Waals surface area contributed by atoms with Gasteiger partial charge in [0.2, 0.25) is 0 Å². The summed E-state index contributed by atoms with van der Waals surface area (Å²) in [6.45, 7) is 0. The molecule has 76 valence electrons. The molecule has 0 spiro atoms. The monoisotopic (exact) mass is 269 g/mol. The van der Waals surface area contributed by atoms with E-state index in [1.807, 2.05) is 0 Å². The minimum Gasteiger partial charge on any atom is -0.477 e. The molecule has 2 aromatic rings. The predicted octanol–water partition coefficient (Wildman–Crippen LogP) is 2.83. The van der Waals surface area contributed by atoms with E-state index in [2.05, 4.69) is 20.9 Å². The minimum atomic E-state index is -1.12. The molecule has 0 saturated carbocycles. The van der Waals surface area contributed by atoms with Gasteiger partial charge in [0.05, 0.1) is 9.99 Å². The maximum Gasteiger partial charge on any atom is 0.354 e. The number of aromatic nitrogens is 1. The molecule has 0 saturated heterocycles. The van der Waals surface area contributed by atoms with E-state index in [1.54, 1.807) is 12.1 Å². The third-order valence-corrected chi connectivity index (χ3v) is 2.56. The fourth-order valence-electron chi connectivity index (χ4n) is 1.24. The summed E-state index contributed by atoms with van der Waals surface area (Å²) in [7, 11) is 0. The zero-order valence-electron chi connectivity index (χ0n) is 7.37. The zero-order chi connectivity index (χ0) is 11.0. The van der Waals surface area contributed by atoms with Gasteiger partial charge in [0.1, 0.15) is 11.5 Å². The molecule has 0 aliphatic rings. The fourth-order valence-corrected chi connectivity index (χ4v) is 1.60. The second kappa shape index (κ2) is 3.58. The average molecular weight is 270 g/mol. The largest absolute Gasteiger partial charge is 0.477 e. The third kappa shape index (κ3) is 1.83. The standard InChI is InChI=1S/C10H5BrFNO2/c11-6-3-5-1-2-8(10(14)15)13-9(5)4-7(6)12/h1-4H,(H,14,15). The molecular formula is C10H5BrFNO2. The Balaban J connectivity index is 2.72. The van der Waals surface area contributed by atoms with Gasteiger partial charge in [-0.15, -0.1) is 0 Å². The molecule has 0 fully saturated rings. The number of fused-ring (bicyclic) bond motifs is 1. The summed E-state index contributed by atoms with van der Waals surface area (Å²) >= 11 is 3.04. The molecular weight excluding hydrogens is 265 g/mol. The second-order valence-electron chi connectivity index (χ2n) is 2.96. The van der Waals surface area contributed by atoms with E-state index in [4.69, 9.17) is 5.11 Å². The highest BCUT2D eigenvalue weighted by Gasteiger charge is 2.07. The number of hydrogen-bond donors (Lipinski definition) is 1. The number of aromatic carboxylic acids is 1. The van der Waals surface area contributed by atoms with Gasteiger partial charge in [-0.2, -0.15) is 0 Å². The molecule has 0 amide bonds. The maximum atomic E-state index is 13.1. The van der Waals surface area contributed by atoms with Crippen molar-refractivity contribution in [3.05, 3.63) is 40.2 Å². The first-order chi connectivity index (χ1) is 7.08. The van der Waals surface area contributed by atoms with Crippen molar-refractivity contribution >= 4 is 32.8 Å². The van der Waals surface area contributed by atoms with Crippen LogP contribution in [-0.4, -0.2) is 16.1 Å². The number of halogens is 2. The van der Waals surface area contributed by atoms with Crippen molar-refractivity contribution in [3.8, 4) is 0 Å². The van der Waals surface area contributed by atoms with E-state index in [0.717, 1.165) is 0 Å². The molecule has 5 heteroatoms. The highest BCUT2D eigenvalue weighted by molar-refractivity contribution is 9.10. The Morgan fingerprint density at radius 3 is 2.80 bits per heavy atom. The van der Waals surface area contributed by atoms with Gasteiger partial charge in [0, 0.05) is 11.5 Å². The molecule has 0 unspecified atom stereocenters. The van der Waals surface area contributed by atoms with Crippen LogP contribution in [0.4, 0.5) is 4.39 Å². The fraction of sp³-hybridized carbons (Fsp3) is 0. The Kier molecular flexibility index (Phi) is 2.40. The molecule has 15 heavy (non-hydrogen) atoms. The quantitative estimate of drug-likeness (QED) is 0.866. The average Bonchev–Trinajstić information content (AvgIpc) is 2.19. The summed E-state index contributed by atoms with van der Waals surface area (Å²) in [6.07, 6.45) is 0. The summed E-state index contributed by atoms with van der Waals surface area (Å²) in [4.78, 5) is 14.4. The van der Waals surface area contributed by atoms with Crippen LogP contribution in [0, 0.1) is 5.82 Å². The van der Waals surface area contributed by atoms with Crippen molar-refractivity contribution < 1.29 is 14.3 Å². The van der Waals surface area contributed by atoms with Crippen molar-refractivity contribution in [2.24, 2.45) is 0 Å². The predicted molar refractivity (Wildman–Crippen MR) is 56.4 cm³/mol. The molecule has 1 N–H and O–H groups in total. The Hall–Kier alpha value is -1.49. The van der Waals surface area contributed by atoms with E-state index in [0.29, 0.717) is 15.4 Å².